The first-order valence-corrected chi connectivity index (χ1v) is 7.65. The lowest BCUT2D eigenvalue weighted by Gasteiger charge is -2.31. The number of carboxylic acids is 1. The number of nitrogens with zero attached hydrogens (tertiary/aromatic N) is 3. The van der Waals surface area contributed by atoms with E-state index in [4.69, 9.17) is 5.11 Å². The predicted molar refractivity (Wildman–Crippen MR) is 80.9 cm³/mol. The second-order valence-corrected chi connectivity index (χ2v) is 5.47. The number of carbonyl (C=O) groups excluding carboxylic acids is 2. The number of hydrogen-bond acceptors (Lipinski definition) is 5. The number of carboxylic acid groups (broad SMARTS) is 1. The van der Waals surface area contributed by atoms with E-state index >= 15 is 0 Å². The lowest BCUT2D eigenvalue weighted by atomic mass is 9.97. The van der Waals surface area contributed by atoms with E-state index in [1.165, 1.54) is 0 Å². The molecule has 124 valence electrons. The zero-order valence-electron chi connectivity index (χ0n) is 13.0. The third kappa shape index (κ3) is 4.24. The minimum Gasteiger partial charge on any atom is -0.476 e. The largest absolute Gasteiger partial charge is 0.476 e. The minimum absolute atomic E-state index is 0.0309. The van der Waals surface area contributed by atoms with Gasteiger partial charge in [0.2, 0.25) is 5.91 Å². The Bertz CT molecular complexity index is 588. The number of aromatic carboxylic acids is 1. The number of nitrogens with one attached hydrogen (secondary N) is 1. The van der Waals surface area contributed by atoms with Gasteiger partial charge in [-0.05, 0) is 19.3 Å². The first-order valence-electron chi connectivity index (χ1n) is 7.65. The van der Waals surface area contributed by atoms with E-state index in [0.717, 1.165) is 31.7 Å². The maximum absolute atomic E-state index is 12.4. The predicted octanol–water partition coefficient (Wildman–Crippen LogP) is 0.553. The molecule has 2 N–H and O–H groups in total. The van der Waals surface area contributed by atoms with Crippen LogP contribution in [0.15, 0.2) is 12.4 Å². The summed E-state index contributed by atoms with van der Waals surface area (Å²) in [6, 6.07) is 0. The standard InChI is InChI=1S/C15H20N4O4/c1-2-5-16-13(20)10-4-3-6-19(9-10)14(21)11-7-18-12(8-17-11)15(22)23/h7-8,10H,2-6,9H2,1H3,(H,16,20)(H,22,23). The van der Waals surface area contributed by atoms with Crippen LogP contribution in [0, 0.1) is 5.92 Å². The number of likely N-dealkylation sites (tertiary alicyclic amines) is 1. The minimum atomic E-state index is -1.19. The molecule has 0 aromatic carbocycles. The molecule has 1 aliphatic heterocycles. The van der Waals surface area contributed by atoms with Crippen molar-refractivity contribution in [2.24, 2.45) is 5.92 Å². The number of carbonyl (C=O) groups is 3. The van der Waals surface area contributed by atoms with Crippen LogP contribution in [-0.2, 0) is 4.79 Å². The molecule has 1 fully saturated rings. The van der Waals surface area contributed by atoms with Crippen LogP contribution < -0.4 is 5.32 Å². The fourth-order valence-corrected chi connectivity index (χ4v) is 2.48. The van der Waals surface area contributed by atoms with Crippen LogP contribution in [0.25, 0.3) is 0 Å². The first-order chi connectivity index (χ1) is 11.0. The topological polar surface area (TPSA) is 112 Å². The van der Waals surface area contributed by atoms with E-state index in [1.807, 2.05) is 6.92 Å². The Kier molecular flexibility index (Phi) is 5.61. The fourth-order valence-electron chi connectivity index (χ4n) is 2.48. The molecule has 2 heterocycles. The van der Waals surface area contributed by atoms with Crippen LogP contribution in [0.2, 0.25) is 0 Å². The molecule has 2 amide bonds. The Morgan fingerprint density at radius 2 is 2.00 bits per heavy atom. The van der Waals surface area contributed by atoms with Crippen molar-refractivity contribution in [2.75, 3.05) is 19.6 Å². The maximum Gasteiger partial charge on any atom is 0.356 e. The average Bonchev–Trinajstić information content (AvgIpc) is 2.59. The zero-order valence-corrected chi connectivity index (χ0v) is 13.0. The van der Waals surface area contributed by atoms with Crippen molar-refractivity contribution in [1.82, 2.24) is 20.2 Å². The lowest BCUT2D eigenvalue weighted by Crippen LogP contribution is -2.45. The van der Waals surface area contributed by atoms with Crippen molar-refractivity contribution in [3.8, 4) is 0 Å². The van der Waals surface area contributed by atoms with E-state index in [2.05, 4.69) is 15.3 Å². The van der Waals surface area contributed by atoms with Gasteiger partial charge in [-0.1, -0.05) is 6.92 Å². The quantitative estimate of drug-likeness (QED) is 0.819. The van der Waals surface area contributed by atoms with E-state index < -0.39 is 5.97 Å². The SMILES string of the molecule is CCCNC(=O)C1CCCN(C(=O)c2cnc(C(=O)O)cn2)C1. The summed E-state index contributed by atoms with van der Waals surface area (Å²) in [6.45, 7) is 3.51. The number of piperidine rings is 1. The lowest BCUT2D eigenvalue weighted by molar-refractivity contribution is -0.126. The van der Waals surface area contributed by atoms with Crippen molar-refractivity contribution >= 4 is 17.8 Å². The Labute approximate surface area is 133 Å². The van der Waals surface area contributed by atoms with Crippen molar-refractivity contribution in [3.05, 3.63) is 23.8 Å². The van der Waals surface area contributed by atoms with Gasteiger partial charge in [-0.15, -0.1) is 0 Å². The van der Waals surface area contributed by atoms with Crippen molar-refractivity contribution in [1.29, 1.82) is 0 Å². The normalized spacial score (nSPS) is 17.6. The molecule has 1 atom stereocenters. The van der Waals surface area contributed by atoms with Crippen LogP contribution in [0.1, 0.15) is 47.2 Å². The van der Waals surface area contributed by atoms with Gasteiger partial charge in [0.1, 0.15) is 5.69 Å². The van der Waals surface area contributed by atoms with Crippen LogP contribution in [0.5, 0.6) is 0 Å². The number of rotatable bonds is 5. The highest BCUT2D eigenvalue weighted by Gasteiger charge is 2.29. The first kappa shape index (κ1) is 16.9. The summed E-state index contributed by atoms with van der Waals surface area (Å²) in [5, 5.41) is 11.6. The van der Waals surface area contributed by atoms with Gasteiger partial charge in [0.25, 0.3) is 5.91 Å². The molecule has 1 saturated heterocycles. The van der Waals surface area contributed by atoms with Crippen molar-refractivity contribution in [2.45, 2.75) is 26.2 Å². The smallest absolute Gasteiger partial charge is 0.356 e. The highest BCUT2D eigenvalue weighted by atomic mass is 16.4. The van der Waals surface area contributed by atoms with Gasteiger partial charge in [0.15, 0.2) is 5.69 Å². The molecule has 1 aromatic heterocycles. The molecule has 23 heavy (non-hydrogen) atoms. The van der Waals surface area contributed by atoms with E-state index in [9.17, 15) is 14.4 Å². The third-order valence-corrected chi connectivity index (χ3v) is 3.72. The van der Waals surface area contributed by atoms with Crippen LogP contribution >= 0.6 is 0 Å². The van der Waals surface area contributed by atoms with E-state index in [-0.39, 0.29) is 29.1 Å². The van der Waals surface area contributed by atoms with Crippen LogP contribution in [0.4, 0.5) is 0 Å². The molecule has 0 bridgehead atoms. The van der Waals surface area contributed by atoms with Crippen LogP contribution in [-0.4, -0.2) is 57.4 Å². The Hall–Kier alpha value is -2.51. The Morgan fingerprint density at radius 1 is 1.30 bits per heavy atom. The third-order valence-electron chi connectivity index (χ3n) is 3.72. The monoisotopic (exact) mass is 320 g/mol. The summed E-state index contributed by atoms with van der Waals surface area (Å²) in [6.07, 6.45) is 4.59. The average molecular weight is 320 g/mol. The van der Waals surface area contributed by atoms with Gasteiger partial charge in [-0.3, -0.25) is 9.59 Å². The molecule has 1 aromatic rings. The van der Waals surface area contributed by atoms with Crippen LogP contribution in [0.3, 0.4) is 0 Å². The molecule has 2 rings (SSSR count). The summed E-state index contributed by atoms with van der Waals surface area (Å²) in [5.41, 5.74) is -0.123. The van der Waals surface area contributed by atoms with Crippen molar-refractivity contribution < 1.29 is 19.5 Å². The molecule has 1 aliphatic rings. The number of hydrogen-bond donors (Lipinski definition) is 2. The second-order valence-electron chi connectivity index (χ2n) is 5.47. The molecule has 0 aliphatic carbocycles. The summed E-state index contributed by atoms with van der Waals surface area (Å²) in [7, 11) is 0. The molecule has 0 radical (unpaired) electrons. The molecular weight excluding hydrogens is 300 g/mol. The number of aromatic nitrogens is 2. The van der Waals surface area contributed by atoms with Gasteiger partial charge >= 0.3 is 5.97 Å². The van der Waals surface area contributed by atoms with Gasteiger partial charge in [0.05, 0.1) is 18.3 Å². The fraction of sp³-hybridized carbons (Fsp3) is 0.533. The van der Waals surface area contributed by atoms with Gasteiger partial charge < -0.3 is 15.3 Å². The molecule has 8 heteroatoms. The highest BCUT2D eigenvalue weighted by Crippen LogP contribution is 2.18. The van der Waals surface area contributed by atoms with E-state index in [1.54, 1.807) is 4.90 Å². The number of amides is 2. The van der Waals surface area contributed by atoms with Gasteiger partial charge in [-0.25, -0.2) is 14.8 Å². The molecule has 1 unspecified atom stereocenters. The Morgan fingerprint density at radius 3 is 2.61 bits per heavy atom. The zero-order chi connectivity index (χ0) is 16.8. The summed E-state index contributed by atoms with van der Waals surface area (Å²) in [4.78, 5) is 44.3. The summed E-state index contributed by atoms with van der Waals surface area (Å²) in [5.74, 6) is -1.77. The maximum atomic E-state index is 12.4. The molecule has 0 spiro atoms. The van der Waals surface area contributed by atoms with Gasteiger partial charge in [0, 0.05) is 19.6 Å². The second kappa shape index (κ2) is 7.66. The highest BCUT2D eigenvalue weighted by molar-refractivity contribution is 5.93. The Balaban J connectivity index is 2.01. The van der Waals surface area contributed by atoms with E-state index in [0.29, 0.717) is 19.6 Å². The van der Waals surface area contributed by atoms with Gasteiger partial charge in [-0.2, -0.15) is 0 Å². The molecule has 0 saturated carbocycles. The van der Waals surface area contributed by atoms with Crippen molar-refractivity contribution in [3.63, 3.8) is 0 Å². The molecular formula is C15H20N4O4. The summed E-state index contributed by atoms with van der Waals surface area (Å²) >= 11 is 0. The molecule has 8 nitrogen and oxygen atoms in total. The summed E-state index contributed by atoms with van der Waals surface area (Å²) < 4.78 is 0.